The number of hydrogen-bond acceptors (Lipinski definition) is 10. The molecule has 0 saturated carbocycles. The number of anilines is 4. The number of azo groups is 2. The van der Waals surface area contributed by atoms with Gasteiger partial charge < -0.3 is 21.3 Å². The van der Waals surface area contributed by atoms with Crippen molar-refractivity contribution in [3.63, 3.8) is 0 Å². The SMILES string of the molecule is CCc1cc(NC(=O)C(N=Nc2cccc(C(=O)Nc3ccc(C(C)Cl)cc3)c2Cl)C(C)=O)c(CC)cc1NC(=O)C(N=Nc1cccc(C(=O)Nc2ccc(C(C)Cl)cc2)c1Cl)C(C)=O. The lowest BCUT2D eigenvalue weighted by Crippen LogP contribution is -2.33. The number of rotatable bonds is 18. The Labute approximate surface area is 402 Å². The van der Waals surface area contributed by atoms with Crippen molar-refractivity contribution in [2.75, 3.05) is 21.3 Å². The molecule has 66 heavy (non-hydrogen) atoms. The molecule has 0 aliphatic carbocycles. The molecule has 0 aliphatic heterocycles. The molecule has 4 N–H and O–H groups in total. The number of hydrogen-bond donors (Lipinski definition) is 4. The Balaban J connectivity index is 1.29. The zero-order valence-corrected chi connectivity index (χ0v) is 39.7. The Morgan fingerprint density at radius 3 is 1.18 bits per heavy atom. The summed E-state index contributed by atoms with van der Waals surface area (Å²) in [5.41, 5.74) is 4.96. The van der Waals surface area contributed by atoms with Gasteiger partial charge in [-0.1, -0.05) is 73.4 Å². The summed E-state index contributed by atoms with van der Waals surface area (Å²) in [6.07, 6.45) is 0.761. The van der Waals surface area contributed by atoms with Gasteiger partial charge in [0, 0.05) is 22.7 Å². The van der Waals surface area contributed by atoms with Gasteiger partial charge in [-0.15, -0.1) is 23.2 Å². The standard InChI is InChI=1S/C48H46Cl4N8O6/c1-7-29-23-40(56-48(66)44(28(6)62)60-58-38-14-10-12-36(42(38)52)46(64)54-34-21-17-32(18-22-34)26(4)50)30(8-2)24-39(29)55-47(65)43(27(5)61)59-57-37-13-9-11-35(41(37)51)45(63)53-33-19-15-31(16-20-33)25(3)49/h9-26,43-44H,7-8H2,1-6H3,(H,53,63)(H,54,64)(H,55,65)(H,56,66). The van der Waals surface area contributed by atoms with E-state index in [1.165, 1.54) is 38.1 Å². The molecule has 342 valence electrons. The Bertz CT molecular complexity index is 2520. The van der Waals surface area contributed by atoms with E-state index in [2.05, 4.69) is 41.7 Å². The van der Waals surface area contributed by atoms with Crippen molar-refractivity contribution in [1.82, 2.24) is 0 Å². The van der Waals surface area contributed by atoms with Crippen LogP contribution in [0.5, 0.6) is 0 Å². The van der Waals surface area contributed by atoms with Crippen LogP contribution in [0.25, 0.3) is 0 Å². The third-order valence-corrected chi connectivity index (χ3v) is 11.4. The van der Waals surface area contributed by atoms with Crippen LogP contribution < -0.4 is 21.3 Å². The first kappa shape index (κ1) is 50.7. The minimum atomic E-state index is -1.58. The van der Waals surface area contributed by atoms with Crippen molar-refractivity contribution >= 4 is 116 Å². The molecule has 4 amide bonds. The molecule has 0 spiro atoms. The number of ketones is 2. The van der Waals surface area contributed by atoms with Crippen LogP contribution in [0.2, 0.25) is 10.0 Å². The van der Waals surface area contributed by atoms with E-state index in [4.69, 9.17) is 46.4 Å². The fraction of sp³-hybridized carbons (Fsp3) is 0.250. The van der Waals surface area contributed by atoms with E-state index in [0.717, 1.165) is 11.1 Å². The summed E-state index contributed by atoms with van der Waals surface area (Å²) in [7, 11) is 0. The third-order valence-electron chi connectivity index (χ3n) is 10.1. The minimum absolute atomic E-state index is 0.0435. The van der Waals surface area contributed by atoms with Crippen LogP contribution >= 0.6 is 46.4 Å². The maximum absolute atomic E-state index is 13.6. The summed E-state index contributed by atoms with van der Waals surface area (Å²) in [4.78, 5) is 79.0. The second kappa shape index (κ2) is 23.2. The van der Waals surface area contributed by atoms with E-state index in [9.17, 15) is 28.8 Å². The Morgan fingerprint density at radius 2 is 0.879 bits per heavy atom. The summed E-state index contributed by atoms with van der Waals surface area (Å²) in [5, 5.41) is 26.8. The number of alkyl halides is 2. The molecular formula is C48H46Cl4N8O6. The number of Topliss-reactive ketones (excluding diaryl/α,β-unsaturated/α-hetero) is 2. The smallest absolute Gasteiger partial charge is 0.258 e. The van der Waals surface area contributed by atoms with Crippen LogP contribution in [0.15, 0.2) is 118 Å². The molecule has 0 saturated heterocycles. The highest BCUT2D eigenvalue weighted by Gasteiger charge is 2.27. The molecule has 0 fully saturated rings. The molecule has 18 heteroatoms. The number of halogens is 4. The average Bonchev–Trinajstić information content (AvgIpc) is 3.27. The van der Waals surface area contributed by atoms with Crippen LogP contribution in [0, 0.1) is 0 Å². The molecule has 0 aliphatic rings. The van der Waals surface area contributed by atoms with E-state index < -0.39 is 47.3 Å². The second-order valence-corrected chi connectivity index (χ2v) is 17.0. The normalized spacial score (nSPS) is 13.1. The van der Waals surface area contributed by atoms with Gasteiger partial charge in [-0.25, -0.2) is 0 Å². The fourth-order valence-electron chi connectivity index (χ4n) is 6.39. The molecule has 0 bridgehead atoms. The van der Waals surface area contributed by atoms with Gasteiger partial charge in [-0.2, -0.15) is 20.5 Å². The van der Waals surface area contributed by atoms with Crippen LogP contribution in [-0.4, -0.2) is 47.3 Å². The average molecular weight is 973 g/mol. The maximum Gasteiger partial charge on any atom is 0.258 e. The lowest BCUT2D eigenvalue weighted by atomic mass is 10.0. The van der Waals surface area contributed by atoms with Crippen molar-refractivity contribution < 1.29 is 28.8 Å². The number of carbonyl (C=O) groups excluding carboxylic acids is 6. The predicted molar refractivity (Wildman–Crippen MR) is 261 cm³/mol. The van der Waals surface area contributed by atoms with Gasteiger partial charge in [-0.3, -0.25) is 28.8 Å². The van der Waals surface area contributed by atoms with Gasteiger partial charge in [0.1, 0.15) is 11.4 Å². The molecule has 5 aromatic rings. The van der Waals surface area contributed by atoms with E-state index in [-0.39, 0.29) is 43.3 Å². The third kappa shape index (κ3) is 12.9. The predicted octanol–water partition coefficient (Wildman–Crippen LogP) is 12.6. The molecule has 5 rings (SSSR count). The zero-order valence-electron chi connectivity index (χ0n) is 36.7. The first-order chi connectivity index (χ1) is 31.4. The van der Waals surface area contributed by atoms with E-state index in [1.807, 2.05) is 27.7 Å². The van der Waals surface area contributed by atoms with Crippen molar-refractivity contribution in [3.8, 4) is 0 Å². The molecule has 0 heterocycles. The van der Waals surface area contributed by atoms with Gasteiger partial charge in [0.05, 0.1) is 31.9 Å². The molecule has 0 radical (unpaired) electrons. The molecule has 0 aromatic heterocycles. The lowest BCUT2D eigenvalue weighted by molar-refractivity contribution is -0.127. The van der Waals surface area contributed by atoms with Gasteiger partial charge in [0.15, 0.2) is 11.6 Å². The highest BCUT2D eigenvalue weighted by Crippen LogP contribution is 2.33. The summed E-state index contributed by atoms with van der Waals surface area (Å²) in [6, 6.07) is 23.2. The van der Waals surface area contributed by atoms with Crippen LogP contribution in [0.3, 0.4) is 0 Å². The van der Waals surface area contributed by atoms with Gasteiger partial charge in [0.25, 0.3) is 23.6 Å². The van der Waals surface area contributed by atoms with Crippen LogP contribution in [-0.2, 0) is 32.0 Å². The number of nitrogens with one attached hydrogen (secondary N) is 4. The van der Waals surface area contributed by atoms with E-state index >= 15 is 0 Å². The summed E-state index contributed by atoms with van der Waals surface area (Å²) in [5.74, 6) is -3.83. The van der Waals surface area contributed by atoms with Crippen molar-refractivity contribution in [1.29, 1.82) is 0 Å². The lowest BCUT2D eigenvalue weighted by Gasteiger charge is -2.18. The molecule has 5 aromatic carbocycles. The van der Waals surface area contributed by atoms with Crippen molar-refractivity contribution in [2.24, 2.45) is 20.5 Å². The number of benzene rings is 5. The molecule has 4 atom stereocenters. The van der Waals surface area contributed by atoms with Crippen LogP contribution in [0.1, 0.15) is 95.3 Å². The monoisotopic (exact) mass is 970 g/mol. The molecular weight excluding hydrogens is 926 g/mol. The summed E-state index contributed by atoms with van der Waals surface area (Å²) in [6.45, 7) is 9.71. The topological polar surface area (TPSA) is 200 Å². The van der Waals surface area contributed by atoms with Gasteiger partial charge in [0.2, 0.25) is 12.1 Å². The van der Waals surface area contributed by atoms with Gasteiger partial charge >= 0.3 is 0 Å². The number of aryl methyl sites for hydroxylation is 2. The quantitative estimate of drug-likeness (QED) is 0.0382. The number of carbonyl (C=O) groups is 6. The first-order valence-electron chi connectivity index (χ1n) is 20.7. The van der Waals surface area contributed by atoms with Crippen molar-refractivity contribution in [3.05, 3.63) is 140 Å². The maximum atomic E-state index is 13.6. The van der Waals surface area contributed by atoms with Gasteiger partial charge in [-0.05, 0) is 123 Å². The fourth-order valence-corrected chi connectivity index (χ4v) is 7.18. The Hall–Kier alpha value is -6.32. The van der Waals surface area contributed by atoms with Crippen LogP contribution in [0.4, 0.5) is 34.1 Å². The Kier molecular flexibility index (Phi) is 17.8. The van der Waals surface area contributed by atoms with Crippen molar-refractivity contribution in [2.45, 2.75) is 77.2 Å². The number of amides is 4. The largest absolute Gasteiger partial charge is 0.323 e. The minimum Gasteiger partial charge on any atom is -0.323 e. The second-order valence-electron chi connectivity index (χ2n) is 15.0. The summed E-state index contributed by atoms with van der Waals surface area (Å²) >= 11 is 25.4. The summed E-state index contributed by atoms with van der Waals surface area (Å²) < 4.78 is 0. The molecule has 14 nitrogen and oxygen atoms in total. The highest BCUT2D eigenvalue weighted by molar-refractivity contribution is 6.37. The Morgan fingerprint density at radius 1 is 0.530 bits per heavy atom. The highest BCUT2D eigenvalue weighted by atomic mass is 35.5. The van der Waals surface area contributed by atoms with E-state index in [1.54, 1.807) is 72.8 Å². The zero-order chi connectivity index (χ0) is 48.2. The molecule has 4 unspecified atom stereocenters. The van der Waals surface area contributed by atoms with E-state index in [0.29, 0.717) is 46.7 Å². The number of nitrogens with zero attached hydrogens (tertiary/aromatic N) is 4. The first-order valence-corrected chi connectivity index (χ1v) is 22.3.